The Kier molecular flexibility index (Phi) is 9.71. The van der Waals surface area contributed by atoms with Gasteiger partial charge in [0.25, 0.3) is 11.8 Å². The maximum atomic E-state index is 13.5. The predicted molar refractivity (Wildman–Crippen MR) is 140 cm³/mol. The maximum absolute atomic E-state index is 13.5. The maximum Gasteiger partial charge on any atom is 0.267 e. The van der Waals surface area contributed by atoms with Crippen LogP contribution in [-0.2, 0) is 23.0 Å². The van der Waals surface area contributed by atoms with Gasteiger partial charge in [-0.15, -0.1) is 0 Å². The average molecular weight is 536 g/mol. The number of carbonyl (C=O) groups is 2. The molecule has 0 radical (unpaired) electrons. The van der Waals surface area contributed by atoms with Gasteiger partial charge >= 0.3 is 0 Å². The number of nitrogens with zero attached hydrogens (tertiary/aromatic N) is 3. The summed E-state index contributed by atoms with van der Waals surface area (Å²) >= 11 is 0. The molecule has 1 aliphatic rings. The molecule has 1 saturated heterocycles. The molecular weight excluding hydrogens is 498 g/mol. The monoisotopic (exact) mass is 535 g/mol. The first-order valence-corrected chi connectivity index (χ1v) is 14.0. The van der Waals surface area contributed by atoms with E-state index in [1.807, 2.05) is 18.7 Å². The van der Waals surface area contributed by atoms with Crippen LogP contribution in [0.1, 0.15) is 53.6 Å². The van der Waals surface area contributed by atoms with Crippen molar-refractivity contribution >= 4 is 27.5 Å². The van der Waals surface area contributed by atoms with Crippen LogP contribution in [0.5, 0.6) is 5.75 Å². The Balaban J connectivity index is 1.97. The van der Waals surface area contributed by atoms with E-state index in [9.17, 15) is 18.0 Å². The van der Waals surface area contributed by atoms with Crippen molar-refractivity contribution in [3.05, 3.63) is 41.2 Å². The van der Waals surface area contributed by atoms with E-state index in [1.165, 1.54) is 22.5 Å². The highest BCUT2D eigenvalue weighted by Gasteiger charge is 2.30. The fourth-order valence-corrected chi connectivity index (χ4v) is 5.97. The van der Waals surface area contributed by atoms with Crippen LogP contribution in [0.3, 0.4) is 0 Å². The van der Waals surface area contributed by atoms with Crippen molar-refractivity contribution in [3.63, 3.8) is 0 Å². The molecule has 0 saturated carbocycles. The van der Waals surface area contributed by atoms with Crippen LogP contribution in [0, 0.1) is 0 Å². The summed E-state index contributed by atoms with van der Waals surface area (Å²) in [6.07, 6.45) is 3.22. The smallest absolute Gasteiger partial charge is 0.267 e. The first-order chi connectivity index (χ1) is 17.7. The molecule has 2 amide bonds. The minimum absolute atomic E-state index is 0.0171. The van der Waals surface area contributed by atoms with Gasteiger partial charge in [0.05, 0.1) is 29.4 Å². The summed E-state index contributed by atoms with van der Waals surface area (Å²) in [5.74, 6) is -1.03. The van der Waals surface area contributed by atoms with Gasteiger partial charge in [0, 0.05) is 45.5 Å². The highest BCUT2D eigenvalue weighted by atomic mass is 32.2. The second-order valence-electron chi connectivity index (χ2n) is 8.79. The van der Waals surface area contributed by atoms with Crippen LogP contribution in [0.2, 0.25) is 0 Å². The van der Waals surface area contributed by atoms with Crippen LogP contribution in [0.25, 0.3) is 0 Å². The number of piperazine rings is 1. The first kappa shape index (κ1) is 28.6. The summed E-state index contributed by atoms with van der Waals surface area (Å²) in [5.41, 5.74) is 6.99. The van der Waals surface area contributed by atoms with Crippen LogP contribution < -0.4 is 15.8 Å². The summed E-state index contributed by atoms with van der Waals surface area (Å²) in [7, 11) is -3.87. The third kappa shape index (κ3) is 6.32. The lowest BCUT2D eigenvalue weighted by Gasteiger charge is -2.33. The third-order valence-electron chi connectivity index (χ3n) is 6.37. The molecule has 2 aromatic rings. The number of benzene rings is 1. The molecule has 0 aliphatic carbocycles. The zero-order chi connectivity index (χ0) is 27.2. The number of β-amino-alcohol motifs (C(OH)–C–C–N with tert-alkyl or cyclic N) is 1. The number of primary amides is 1. The predicted octanol–water partition coefficient (Wildman–Crippen LogP) is 1.51. The van der Waals surface area contributed by atoms with Crippen LogP contribution in [0.15, 0.2) is 29.3 Å². The number of carbonyl (C=O) groups excluding carboxylic acids is 2. The van der Waals surface area contributed by atoms with Gasteiger partial charge < -0.3 is 25.5 Å². The zero-order valence-electron chi connectivity index (χ0n) is 21.7. The molecule has 2 heterocycles. The van der Waals surface area contributed by atoms with Gasteiger partial charge in [-0.3, -0.25) is 14.5 Å². The average Bonchev–Trinajstić information content (AvgIpc) is 3.22. The van der Waals surface area contributed by atoms with Crippen molar-refractivity contribution in [1.29, 1.82) is 0 Å². The van der Waals surface area contributed by atoms with Crippen molar-refractivity contribution < 1.29 is 27.9 Å². The number of aliphatic hydroxyl groups excluding tert-OH is 1. The molecule has 1 fully saturated rings. The van der Waals surface area contributed by atoms with E-state index in [0.29, 0.717) is 38.3 Å². The lowest BCUT2D eigenvalue weighted by molar-refractivity contribution is 0.0992. The Morgan fingerprint density at radius 2 is 1.84 bits per heavy atom. The van der Waals surface area contributed by atoms with Gasteiger partial charge in [-0.05, 0) is 44.0 Å². The zero-order valence-corrected chi connectivity index (χ0v) is 22.5. The Hall–Kier alpha value is -2.93. The largest absolute Gasteiger partial charge is 0.493 e. The van der Waals surface area contributed by atoms with E-state index in [-0.39, 0.29) is 48.2 Å². The molecule has 37 heavy (non-hydrogen) atoms. The van der Waals surface area contributed by atoms with E-state index in [2.05, 4.69) is 5.32 Å². The number of aryl methyl sites for hydroxylation is 2. The third-order valence-corrected chi connectivity index (χ3v) is 8.26. The number of ether oxygens (including phenoxy) is 1. The van der Waals surface area contributed by atoms with Gasteiger partial charge in [-0.1, -0.05) is 13.3 Å². The second-order valence-corrected chi connectivity index (χ2v) is 10.7. The quantitative estimate of drug-likeness (QED) is 0.373. The highest BCUT2D eigenvalue weighted by Crippen LogP contribution is 2.30. The Bertz CT molecular complexity index is 1220. The summed E-state index contributed by atoms with van der Waals surface area (Å²) in [4.78, 5) is 27.7. The van der Waals surface area contributed by atoms with E-state index >= 15 is 0 Å². The molecule has 3 rings (SSSR count). The van der Waals surface area contributed by atoms with Gasteiger partial charge in [0.1, 0.15) is 11.4 Å². The van der Waals surface area contributed by atoms with Crippen LogP contribution >= 0.6 is 0 Å². The van der Waals surface area contributed by atoms with Crippen molar-refractivity contribution in [2.24, 2.45) is 5.73 Å². The highest BCUT2D eigenvalue weighted by molar-refractivity contribution is 7.89. The minimum Gasteiger partial charge on any atom is -0.493 e. The molecule has 4 N–H and O–H groups in total. The van der Waals surface area contributed by atoms with Crippen molar-refractivity contribution in [2.75, 3.05) is 51.3 Å². The number of aliphatic hydroxyl groups is 1. The summed E-state index contributed by atoms with van der Waals surface area (Å²) < 4.78 is 35.5. The molecule has 0 spiro atoms. The minimum atomic E-state index is -3.87. The fraction of sp³-hybridized carbons (Fsp3) is 0.520. The summed E-state index contributed by atoms with van der Waals surface area (Å²) in [6, 6.07) is 4.23. The molecule has 0 unspecified atom stereocenters. The van der Waals surface area contributed by atoms with E-state index < -0.39 is 21.8 Å². The molecule has 1 aromatic carbocycles. The number of aromatic nitrogens is 1. The molecule has 1 aliphatic heterocycles. The molecule has 1 aromatic heterocycles. The van der Waals surface area contributed by atoms with Gasteiger partial charge in [-0.25, -0.2) is 8.42 Å². The van der Waals surface area contributed by atoms with E-state index in [1.54, 1.807) is 17.7 Å². The lowest BCUT2D eigenvalue weighted by atomic mass is 10.1. The number of nitrogens with one attached hydrogen (secondary N) is 1. The molecular formula is C25H37N5O6S. The van der Waals surface area contributed by atoms with Crippen molar-refractivity contribution in [1.82, 2.24) is 13.8 Å². The Morgan fingerprint density at radius 1 is 1.14 bits per heavy atom. The van der Waals surface area contributed by atoms with Crippen molar-refractivity contribution in [3.8, 4) is 5.75 Å². The number of sulfonamides is 1. The SMILES string of the molecule is CCCc1cn(CC)c(C(N)=O)c1NC(=O)c1cc(S(=O)(=O)N2CCN(CCO)CC2)ccc1OCC. The summed E-state index contributed by atoms with van der Waals surface area (Å²) in [5, 5.41) is 12.0. The normalized spacial score (nSPS) is 15.0. The Labute approximate surface area is 218 Å². The fourth-order valence-electron chi connectivity index (χ4n) is 4.52. The number of hydrogen-bond donors (Lipinski definition) is 3. The topological polar surface area (TPSA) is 147 Å². The number of rotatable bonds is 12. The number of nitrogens with two attached hydrogens (primary N) is 1. The van der Waals surface area contributed by atoms with Crippen molar-refractivity contribution in [2.45, 2.75) is 45.1 Å². The number of hydrogen-bond acceptors (Lipinski definition) is 7. The molecule has 12 heteroatoms. The van der Waals surface area contributed by atoms with Gasteiger partial charge in [-0.2, -0.15) is 4.31 Å². The van der Waals surface area contributed by atoms with E-state index in [0.717, 1.165) is 12.0 Å². The van der Waals surface area contributed by atoms with Gasteiger partial charge in [0.2, 0.25) is 10.0 Å². The standard InChI is InChI=1S/C25H37N5O6S/c1-4-7-18-17-29(5-2)23(24(26)32)22(18)27-25(33)20-16-19(8-9-21(20)36-6-3)37(34,35)30-12-10-28(11-13-30)14-15-31/h8-9,16-17,31H,4-7,10-15H2,1-3H3,(H2,26,32)(H,27,33). The van der Waals surface area contributed by atoms with Crippen LogP contribution in [0.4, 0.5) is 5.69 Å². The van der Waals surface area contributed by atoms with Crippen LogP contribution in [-0.4, -0.2) is 85.0 Å². The molecule has 204 valence electrons. The second kappa shape index (κ2) is 12.5. The number of amides is 2. The first-order valence-electron chi connectivity index (χ1n) is 12.6. The molecule has 0 bridgehead atoms. The number of anilines is 1. The lowest BCUT2D eigenvalue weighted by Crippen LogP contribution is -2.49. The molecule has 11 nitrogen and oxygen atoms in total. The van der Waals surface area contributed by atoms with Gasteiger partial charge in [0.15, 0.2) is 0 Å². The summed E-state index contributed by atoms with van der Waals surface area (Å²) in [6.45, 7) is 8.50. The van der Waals surface area contributed by atoms with E-state index in [4.69, 9.17) is 15.6 Å². The molecule has 0 atom stereocenters. The Morgan fingerprint density at radius 3 is 2.41 bits per heavy atom.